The SMILES string of the molecule is Cc1cnc(CN(C)C2[C@@H](C)CN(Cc3ccccc3)C[C@@H]2C)cn1. The molecule has 25 heavy (non-hydrogen) atoms. The van der Waals surface area contributed by atoms with Gasteiger partial charge in [0.2, 0.25) is 0 Å². The Morgan fingerprint density at radius 3 is 2.32 bits per heavy atom. The van der Waals surface area contributed by atoms with Crippen molar-refractivity contribution in [3.63, 3.8) is 0 Å². The molecule has 1 aromatic heterocycles. The summed E-state index contributed by atoms with van der Waals surface area (Å²) in [5, 5.41) is 0. The average molecular weight is 338 g/mol. The van der Waals surface area contributed by atoms with Crippen LogP contribution < -0.4 is 0 Å². The quantitative estimate of drug-likeness (QED) is 0.837. The summed E-state index contributed by atoms with van der Waals surface area (Å²) in [4.78, 5) is 14.0. The van der Waals surface area contributed by atoms with Gasteiger partial charge in [0.1, 0.15) is 0 Å². The minimum absolute atomic E-state index is 0.579. The summed E-state index contributed by atoms with van der Waals surface area (Å²) in [7, 11) is 2.23. The Morgan fingerprint density at radius 1 is 1.04 bits per heavy atom. The number of piperidine rings is 1. The molecule has 1 saturated heterocycles. The lowest BCUT2D eigenvalue weighted by atomic mass is 9.84. The molecule has 0 aliphatic carbocycles. The Morgan fingerprint density at radius 2 is 1.72 bits per heavy atom. The van der Waals surface area contributed by atoms with Crippen molar-refractivity contribution < 1.29 is 0 Å². The molecule has 0 N–H and O–H groups in total. The molecule has 0 spiro atoms. The summed E-state index contributed by atoms with van der Waals surface area (Å²) in [5.41, 5.74) is 3.44. The highest BCUT2D eigenvalue weighted by atomic mass is 15.2. The number of likely N-dealkylation sites (tertiary alicyclic amines) is 1. The topological polar surface area (TPSA) is 32.3 Å². The molecule has 1 aliphatic heterocycles. The second-order valence-corrected chi connectivity index (χ2v) is 7.69. The second-order valence-electron chi connectivity index (χ2n) is 7.69. The minimum atomic E-state index is 0.579. The fraction of sp³-hybridized carbons (Fsp3) is 0.524. The smallest absolute Gasteiger partial charge is 0.0727 e. The van der Waals surface area contributed by atoms with E-state index < -0.39 is 0 Å². The van der Waals surface area contributed by atoms with Gasteiger partial charge in [0.25, 0.3) is 0 Å². The van der Waals surface area contributed by atoms with Crippen LogP contribution in [0.25, 0.3) is 0 Å². The van der Waals surface area contributed by atoms with Crippen LogP contribution in [-0.4, -0.2) is 45.9 Å². The van der Waals surface area contributed by atoms with Gasteiger partial charge in [0.05, 0.1) is 11.4 Å². The van der Waals surface area contributed by atoms with Crippen LogP contribution >= 0.6 is 0 Å². The predicted octanol–water partition coefficient (Wildman–Crippen LogP) is 3.37. The number of nitrogens with zero attached hydrogens (tertiary/aromatic N) is 4. The van der Waals surface area contributed by atoms with E-state index >= 15 is 0 Å². The summed E-state index contributed by atoms with van der Waals surface area (Å²) < 4.78 is 0. The monoisotopic (exact) mass is 338 g/mol. The van der Waals surface area contributed by atoms with Crippen molar-refractivity contribution >= 4 is 0 Å². The van der Waals surface area contributed by atoms with Crippen molar-refractivity contribution in [2.75, 3.05) is 20.1 Å². The first-order valence-electron chi connectivity index (χ1n) is 9.27. The minimum Gasteiger partial charge on any atom is -0.298 e. The highest BCUT2D eigenvalue weighted by Gasteiger charge is 2.34. The van der Waals surface area contributed by atoms with Gasteiger partial charge in [-0.3, -0.25) is 19.8 Å². The Hall–Kier alpha value is -1.78. The molecule has 0 bridgehead atoms. The molecule has 2 atom stereocenters. The third-order valence-electron chi connectivity index (χ3n) is 5.26. The molecule has 0 radical (unpaired) electrons. The van der Waals surface area contributed by atoms with Gasteiger partial charge < -0.3 is 0 Å². The molecule has 2 heterocycles. The Kier molecular flexibility index (Phi) is 5.82. The van der Waals surface area contributed by atoms with E-state index in [1.165, 1.54) is 5.56 Å². The molecule has 134 valence electrons. The Balaban J connectivity index is 1.60. The molecule has 1 aromatic carbocycles. The van der Waals surface area contributed by atoms with Crippen LogP contribution in [0.5, 0.6) is 0 Å². The van der Waals surface area contributed by atoms with Gasteiger partial charge in [-0.15, -0.1) is 0 Å². The van der Waals surface area contributed by atoms with E-state index in [1.54, 1.807) is 0 Å². The van der Waals surface area contributed by atoms with Gasteiger partial charge in [0.15, 0.2) is 0 Å². The number of aryl methyl sites for hydroxylation is 1. The maximum atomic E-state index is 4.52. The van der Waals surface area contributed by atoms with Crippen LogP contribution in [0.1, 0.15) is 30.8 Å². The summed E-state index contributed by atoms with van der Waals surface area (Å²) in [6.07, 6.45) is 3.77. The van der Waals surface area contributed by atoms with Gasteiger partial charge >= 0.3 is 0 Å². The normalized spacial score (nSPS) is 22.4. The highest BCUT2D eigenvalue weighted by molar-refractivity contribution is 5.14. The number of rotatable bonds is 5. The summed E-state index contributed by atoms with van der Waals surface area (Å²) in [6.45, 7) is 11.0. The van der Waals surface area contributed by atoms with Gasteiger partial charge in [-0.25, -0.2) is 0 Å². The van der Waals surface area contributed by atoms with Gasteiger partial charge in [-0.1, -0.05) is 44.2 Å². The number of aromatic nitrogens is 2. The van der Waals surface area contributed by atoms with Crippen molar-refractivity contribution in [3.05, 3.63) is 59.7 Å². The first-order valence-corrected chi connectivity index (χ1v) is 9.27. The number of hydrogen-bond donors (Lipinski definition) is 0. The van der Waals surface area contributed by atoms with Crippen LogP contribution in [0.2, 0.25) is 0 Å². The first-order chi connectivity index (χ1) is 12.0. The lowest BCUT2D eigenvalue weighted by Gasteiger charge is -2.45. The van der Waals surface area contributed by atoms with E-state index in [9.17, 15) is 0 Å². The summed E-state index contributed by atoms with van der Waals surface area (Å²) in [6, 6.07) is 11.4. The third-order valence-corrected chi connectivity index (χ3v) is 5.26. The zero-order valence-corrected chi connectivity index (χ0v) is 15.9. The zero-order chi connectivity index (χ0) is 17.8. The van der Waals surface area contributed by atoms with Gasteiger partial charge in [-0.2, -0.15) is 0 Å². The maximum Gasteiger partial charge on any atom is 0.0727 e. The van der Waals surface area contributed by atoms with Gasteiger partial charge in [-0.05, 0) is 31.4 Å². The van der Waals surface area contributed by atoms with E-state index in [1.807, 2.05) is 19.3 Å². The van der Waals surface area contributed by atoms with E-state index in [2.05, 4.69) is 71.0 Å². The fourth-order valence-corrected chi connectivity index (χ4v) is 4.37. The van der Waals surface area contributed by atoms with Crippen molar-refractivity contribution in [2.24, 2.45) is 11.8 Å². The van der Waals surface area contributed by atoms with Gasteiger partial charge in [0, 0.05) is 44.6 Å². The molecule has 0 unspecified atom stereocenters. The number of hydrogen-bond acceptors (Lipinski definition) is 4. The van der Waals surface area contributed by atoms with Crippen molar-refractivity contribution in [1.82, 2.24) is 19.8 Å². The predicted molar refractivity (Wildman–Crippen MR) is 102 cm³/mol. The van der Waals surface area contributed by atoms with E-state index in [0.29, 0.717) is 17.9 Å². The van der Waals surface area contributed by atoms with E-state index in [-0.39, 0.29) is 0 Å². The third kappa shape index (κ3) is 4.65. The molecule has 4 heteroatoms. The molecule has 0 amide bonds. The van der Waals surface area contributed by atoms with Crippen molar-refractivity contribution in [1.29, 1.82) is 0 Å². The summed E-state index contributed by atoms with van der Waals surface area (Å²) in [5.74, 6) is 1.27. The fourth-order valence-electron chi connectivity index (χ4n) is 4.37. The highest BCUT2D eigenvalue weighted by Crippen LogP contribution is 2.28. The lowest BCUT2D eigenvalue weighted by Crippen LogP contribution is -2.53. The van der Waals surface area contributed by atoms with Crippen LogP contribution in [0, 0.1) is 18.8 Å². The molecule has 1 fully saturated rings. The second kappa shape index (κ2) is 8.07. The average Bonchev–Trinajstić information content (AvgIpc) is 2.57. The van der Waals surface area contributed by atoms with Crippen LogP contribution in [0.15, 0.2) is 42.7 Å². The van der Waals surface area contributed by atoms with Crippen LogP contribution in [0.3, 0.4) is 0 Å². The van der Waals surface area contributed by atoms with E-state index in [4.69, 9.17) is 0 Å². The standard InChI is InChI=1S/C21H30N4/c1-16-12-25(14-19-8-6-5-7-9-19)13-17(2)21(16)24(4)15-20-11-22-18(3)10-23-20/h5-11,16-17,21H,12-15H2,1-4H3/t16-,17-/m0/s1. The Bertz CT molecular complexity index is 643. The van der Waals surface area contributed by atoms with Crippen molar-refractivity contribution in [2.45, 2.75) is 39.9 Å². The molecule has 3 rings (SSSR count). The molecule has 4 nitrogen and oxygen atoms in total. The molecular formula is C21H30N4. The van der Waals surface area contributed by atoms with Crippen molar-refractivity contribution in [3.8, 4) is 0 Å². The maximum absolute atomic E-state index is 4.52. The molecular weight excluding hydrogens is 308 g/mol. The largest absolute Gasteiger partial charge is 0.298 e. The van der Waals surface area contributed by atoms with Crippen LogP contribution in [-0.2, 0) is 13.1 Å². The first kappa shape index (κ1) is 18.0. The summed E-state index contributed by atoms with van der Waals surface area (Å²) >= 11 is 0. The molecule has 2 aromatic rings. The van der Waals surface area contributed by atoms with Crippen LogP contribution in [0.4, 0.5) is 0 Å². The Labute approximate surface area is 151 Å². The lowest BCUT2D eigenvalue weighted by molar-refractivity contribution is 0.0285. The zero-order valence-electron chi connectivity index (χ0n) is 15.9. The molecule has 1 aliphatic rings. The number of benzene rings is 1. The van der Waals surface area contributed by atoms with E-state index in [0.717, 1.165) is 37.6 Å². The molecule has 0 saturated carbocycles.